The van der Waals surface area contributed by atoms with Gasteiger partial charge in [-0.25, -0.2) is 9.69 Å². The fraction of sp³-hybridized carbons (Fsp3) is 0.0645. The fourth-order valence-corrected chi connectivity index (χ4v) is 4.73. The molecule has 0 spiro atoms. The molecule has 0 unspecified atom stereocenters. The van der Waals surface area contributed by atoms with Crippen molar-refractivity contribution < 1.29 is 28.8 Å². The van der Waals surface area contributed by atoms with Crippen molar-refractivity contribution in [3.8, 4) is 11.5 Å². The zero-order valence-electron chi connectivity index (χ0n) is 22.2. The number of nitro benzene ring substituents is 1. The lowest BCUT2D eigenvalue weighted by Gasteiger charge is -2.26. The Hall–Kier alpha value is -5.00. The second-order valence-electron chi connectivity index (χ2n) is 9.27. The van der Waals surface area contributed by atoms with E-state index in [0.717, 1.165) is 16.0 Å². The molecule has 1 fully saturated rings. The zero-order chi connectivity index (χ0) is 30.5. The van der Waals surface area contributed by atoms with Gasteiger partial charge in [0.2, 0.25) is 0 Å². The van der Waals surface area contributed by atoms with Crippen molar-refractivity contribution in [3.05, 3.63) is 133 Å². The summed E-state index contributed by atoms with van der Waals surface area (Å²) in [7, 11) is 0. The number of benzene rings is 4. The Kier molecular flexibility index (Phi) is 8.84. The number of hydrogen-bond donors (Lipinski definition) is 1. The largest absolute Gasteiger partial charge is 0.489 e. The van der Waals surface area contributed by atoms with E-state index in [1.807, 2.05) is 12.1 Å². The number of anilines is 1. The van der Waals surface area contributed by atoms with Crippen LogP contribution in [0.1, 0.15) is 16.7 Å². The number of nitrogens with one attached hydrogen (secondary N) is 1. The minimum absolute atomic E-state index is 0.0137. The monoisotopic (exact) mass is 661 g/mol. The molecule has 4 amide bonds. The van der Waals surface area contributed by atoms with E-state index in [0.29, 0.717) is 33.2 Å². The molecule has 0 saturated carbocycles. The number of hydrogen-bond acceptors (Lipinski definition) is 7. The van der Waals surface area contributed by atoms with Crippen LogP contribution in [0.4, 0.5) is 16.2 Å². The van der Waals surface area contributed by atoms with Gasteiger partial charge in [0.1, 0.15) is 30.3 Å². The molecule has 1 heterocycles. The van der Waals surface area contributed by atoms with E-state index in [9.17, 15) is 24.5 Å². The maximum atomic E-state index is 13.3. The molecular weight excluding hydrogens is 642 g/mol. The molecule has 0 bridgehead atoms. The highest BCUT2D eigenvalue weighted by atomic mass is 79.9. The molecule has 0 atom stereocenters. The molecule has 12 heteroatoms. The number of ether oxygens (including phenoxy) is 2. The molecule has 1 aliphatic rings. The number of barbiturate groups is 1. The van der Waals surface area contributed by atoms with Gasteiger partial charge < -0.3 is 9.47 Å². The molecule has 0 aliphatic carbocycles. The SMILES string of the molecule is O=C1NC(=O)N(c2ccc(OCc3ccc(Cl)cc3)cc2)C(=O)/C1=C/c1ccc(OCc2ccc([N+](=O)[O-])cc2)c(Br)c1. The minimum atomic E-state index is -0.863. The summed E-state index contributed by atoms with van der Waals surface area (Å²) in [4.78, 5) is 49.8. The number of nitrogens with zero attached hydrogens (tertiary/aromatic N) is 2. The second-order valence-corrected chi connectivity index (χ2v) is 10.6. The van der Waals surface area contributed by atoms with Gasteiger partial charge in [-0.2, -0.15) is 0 Å². The number of carbonyl (C=O) groups is 3. The van der Waals surface area contributed by atoms with Crippen molar-refractivity contribution in [1.29, 1.82) is 0 Å². The summed E-state index contributed by atoms with van der Waals surface area (Å²) in [5, 5.41) is 13.7. The first kappa shape index (κ1) is 29.5. The molecule has 0 aromatic heterocycles. The van der Waals surface area contributed by atoms with Crippen molar-refractivity contribution in [3.63, 3.8) is 0 Å². The number of non-ortho nitro benzene ring substituents is 1. The third kappa shape index (κ3) is 7.08. The Morgan fingerprint density at radius 3 is 2.12 bits per heavy atom. The van der Waals surface area contributed by atoms with E-state index in [-0.39, 0.29) is 23.6 Å². The van der Waals surface area contributed by atoms with Crippen molar-refractivity contribution in [2.45, 2.75) is 13.2 Å². The van der Waals surface area contributed by atoms with Gasteiger partial charge in [-0.1, -0.05) is 29.8 Å². The molecule has 4 aromatic rings. The first-order valence-corrected chi connectivity index (χ1v) is 13.9. The summed E-state index contributed by atoms with van der Waals surface area (Å²) < 4.78 is 12.1. The normalized spacial score (nSPS) is 14.0. The predicted molar refractivity (Wildman–Crippen MR) is 163 cm³/mol. The molecule has 4 aromatic carbocycles. The lowest BCUT2D eigenvalue weighted by molar-refractivity contribution is -0.384. The van der Waals surface area contributed by atoms with Crippen LogP contribution in [0.15, 0.2) is 101 Å². The average molecular weight is 663 g/mol. The number of rotatable bonds is 9. The van der Waals surface area contributed by atoms with Gasteiger partial charge in [0.25, 0.3) is 17.5 Å². The minimum Gasteiger partial charge on any atom is -0.489 e. The first-order valence-electron chi connectivity index (χ1n) is 12.7. The van der Waals surface area contributed by atoms with Crippen LogP contribution < -0.4 is 19.7 Å². The van der Waals surface area contributed by atoms with E-state index in [4.69, 9.17) is 21.1 Å². The summed E-state index contributed by atoms with van der Waals surface area (Å²) >= 11 is 9.34. The molecule has 43 heavy (non-hydrogen) atoms. The van der Waals surface area contributed by atoms with Crippen LogP contribution in [0.3, 0.4) is 0 Å². The van der Waals surface area contributed by atoms with Crippen LogP contribution in [0, 0.1) is 10.1 Å². The maximum Gasteiger partial charge on any atom is 0.335 e. The molecule has 1 aliphatic heterocycles. The van der Waals surface area contributed by atoms with Crippen LogP contribution in [-0.4, -0.2) is 22.8 Å². The van der Waals surface area contributed by atoms with Crippen LogP contribution in [0.25, 0.3) is 6.08 Å². The van der Waals surface area contributed by atoms with Gasteiger partial charge in [0.05, 0.1) is 15.1 Å². The lowest BCUT2D eigenvalue weighted by atomic mass is 10.1. The number of imide groups is 2. The number of urea groups is 1. The highest BCUT2D eigenvalue weighted by Gasteiger charge is 2.36. The van der Waals surface area contributed by atoms with Crippen LogP contribution >= 0.6 is 27.5 Å². The first-order chi connectivity index (χ1) is 20.7. The van der Waals surface area contributed by atoms with Crippen molar-refractivity contribution >= 4 is 62.8 Å². The Labute approximate surface area is 258 Å². The summed E-state index contributed by atoms with van der Waals surface area (Å²) in [6.07, 6.45) is 1.38. The third-order valence-electron chi connectivity index (χ3n) is 6.32. The molecular formula is C31H21BrClN3O7. The number of carbonyl (C=O) groups excluding carboxylic acids is 3. The fourth-order valence-electron chi connectivity index (χ4n) is 4.10. The Balaban J connectivity index is 1.27. The molecule has 10 nitrogen and oxygen atoms in total. The molecule has 5 rings (SSSR count). The highest BCUT2D eigenvalue weighted by molar-refractivity contribution is 9.10. The maximum absolute atomic E-state index is 13.3. The Bertz CT molecular complexity index is 1740. The third-order valence-corrected chi connectivity index (χ3v) is 7.20. The standard InChI is InChI=1S/C31H21BrClN3O7/c32-27-16-21(5-14-28(27)43-18-20-3-8-24(9-4-20)36(40)41)15-26-29(37)34-31(39)35(30(26)38)23-10-12-25(13-11-23)42-17-19-1-6-22(33)7-2-19/h1-16H,17-18H2,(H,34,37,39)/b26-15+. The smallest absolute Gasteiger partial charge is 0.335 e. The van der Waals surface area contributed by atoms with Gasteiger partial charge in [0.15, 0.2) is 0 Å². The molecule has 216 valence electrons. The number of nitro groups is 1. The van der Waals surface area contributed by atoms with Crippen molar-refractivity contribution in [2.75, 3.05) is 4.90 Å². The van der Waals surface area contributed by atoms with Crippen molar-refractivity contribution in [2.24, 2.45) is 0 Å². The van der Waals surface area contributed by atoms with E-state index >= 15 is 0 Å². The summed E-state index contributed by atoms with van der Waals surface area (Å²) in [6.45, 7) is 0.470. The summed E-state index contributed by atoms with van der Waals surface area (Å²) in [5.74, 6) is -0.590. The van der Waals surface area contributed by atoms with Crippen LogP contribution in [0.2, 0.25) is 5.02 Å². The van der Waals surface area contributed by atoms with Crippen molar-refractivity contribution in [1.82, 2.24) is 5.32 Å². The van der Waals surface area contributed by atoms with E-state index in [1.54, 1.807) is 66.7 Å². The summed E-state index contributed by atoms with van der Waals surface area (Å²) in [6, 6.07) is 23.7. The summed E-state index contributed by atoms with van der Waals surface area (Å²) in [5.41, 5.74) is 2.18. The Morgan fingerprint density at radius 1 is 0.860 bits per heavy atom. The second kappa shape index (κ2) is 12.9. The Morgan fingerprint density at radius 2 is 1.49 bits per heavy atom. The lowest BCUT2D eigenvalue weighted by Crippen LogP contribution is -2.54. The van der Waals surface area contributed by atoms with Crippen LogP contribution in [-0.2, 0) is 22.8 Å². The van der Waals surface area contributed by atoms with E-state index in [2.05, 4.69) is 21.2 Å². The van der Waals surface area contributed by atoms with Gasteiger partial charge in [0, 0.05) is 17.2 Å². The molecule has 1 saturated heterocycles. The van der Waals surface area contributed by atoms with Gasteiger partial charge in [-0.3, -0.25) is 25.0 Å². The zero-order valence-corrected chi connectivity index (χ0v) is 24.5. The quantitative estimate of drug-likeness (QED) is 0.0900. The average Bonchev–Trinajstić information content (AvgIpc) is 2.99. The van der Waals surface area contributed by atoms with Gasteiger partial charge >= 0.3 is 6.03 Å². The topological polar surface area (TPSA) is 128 Å². The van der Waals surface area contributed by atoms with Gasteiger partial charge in [-0.15, -0.1) is 0 Å². The highest BCUT2D eigenvalue weighted by Crippen LogP contribution is 2.29. The number of halogens is 2. The van der Waals surface area contributed by atoms with Crippen LogP contribution in [0.5, 0.6) is 11.5 Å². The molecule has 0 radical (unpaired) electrons. The van der Waals surface area contributed by atoms with E-state index in [1.165, 1.54) is 18.2 Å². The van der Waals surface area contributed by atoms with E-state index < -0.39 is 22.8 Å². The molecule has 1 N–H and O–H groups in total. The predicted octanol–water partition coefficient (Wildman–Crippen LogP) is 6.84. The number of amides is 4. The van der Waals surface area contributed by atoms with Gasteiger partial charge in [-0.05, 0) is 99.4 Å².